The lowest BCUT2D eigenvalue weighted by molar-refractivity contribution is -0.143. The zero-order chi connectivity index (χ0) is 16.0. The molecule has 1 unspecified atom stereocenters. The fourth-order valence-corrected chi connectivity index (χ4v) is 2.95. The summed E-state index contributed by atoms with van der Waals surface area (Å²) in [4.78, 5) is 11.6. The quantitative estimate of drug-likeness (QED) is 0.766. The van der Waals surface area contributed by atoms with Crippen LogP contribution in [0.3, 0.4) is 0 Å². The maximum Gasteiger partial charge on any atom is 0.324 e. The minimum absolute atomic E-state index is 0.211. The molecule has 0 bridgehead atoms. The van der Waals surface area contributed by atoms with Crippen molar-refractivity contribution in [2.24, 2.45) is 5.92 Å². The van der Waals surface area contributed by atoms with Crippen LogP contribution in [-0.2, 0) is 26.3 Å². The highest BCUT2D eigenvalue weighted by Crippen LogP contribution is 2.10. The lowest BCUT2D eigenvalue weighted by Gasteiger charge is -2.24. The Morgan fingerprint density at radius 3 is 2.33 bits per heavy atom. The van der Waals surface area contributed by atoms with Crippen LogP contribution < -0.4 is 4.72 Å². The highest BCUT2D eigenvalue weighted by atomic mass is 32.2. The molecule has 1 aromatic carbocycles. The topological polar surface area (TPSA) is 75.7 Å². The van der Waals surface area contributed by atoms with E-state index < -0.39 is 22.2 Å². The van der Waals surface area contributed by atoms with Gasteiger partial charge < -0.3 is 4.74 Å². The molecule has 0 radical (unpaired) electrons. The van der Waals surface area contributed by atoms with Gasteiger partial charge in [-0.3, -0.25) is 4.79 Å². The Morgan fingerprint density at radius 1 is 1.29 bits per heavy atom. The van der Waals surface area contributed by atoms with Crippen molar-refractivity contribution in [3.05, 3.63) is 35.9 Å². The SMILES string of the molecule is COC(=O)C(NS(=O)(=O)N(C)Cc1ccccc1)C(C)C. The number of esters is 1. The summed E-state index contributed by atoms with van der Waals surface area (Å²) in [5, 5.41) is 0. The summed E-state index contributed by atoms with van der Waals surface area (Å²) in [6.07, 6.45) is 0. The number of nitrogens with one attached hydrogen (secondary N) is 1. The smallest absolute Gasteiger partial charge is 0.324 e. The molecule has 0 saturated heterocycles. The highest BCUT2D eigenvalue weighted by molar-refractivity contribution is 7.87. The molecule has 6 nitrogen and oxygen atoms in total. The first-order chi connectivity index (χ1) is 9.77. The van der Waals surface area contributed by atoms with E-state index >= 15 is 0 Å². The predicted molar refractivity (Wildman–Crippen MR) is 80.6 cm³/mol. The molecule has 0 aromatic heterocycles. The van der Waals surface area contributed by atoms with Crippen LogP contribution in [0.2, 0.25) is 0 Å². The summed E-state index contributed by atoms with van der Waals surface area (Å²) < 4.78 is 32.7. The second-order valence-electron chi connectivity index (χ2n) is 5.11. The lowest BCUT2D eigenvalue weighted by Crippen LogP contribution is -2.49. The van der Waals surface area contributed by atoms with E-state index in [2.05, 4.69) is 9.46 Å². The number of nitrogens with zero attached hydrogens (tertiary/aromatic N) is 1. The number of carbonyl (C=O) groups excluding carboxylic acids is 1. The molecule has 1 aromatic rings. The lowest BCUT2D eigenvalue weighted by atomic mass is 10.1. The molecule has 118 valence electrons. The molecular weight excluding hydrogens is 292 g/mol. The maximum absolute atomic E-state index is 12.3. The zero-order valence-electron chi connectivity index (χ0n) is 12.7. The van der Waals surface area contributed by atoms with Gasteiger partial charge in [0.2, 0.25) is 0 Å². The number of carbonyl (C=O) groups is 1. The normalized spacial score (nSPS) is 13.4. The van der Waals surface area contributed by atoms with Gasteiger partial charge in [0.05, 0.1) is 7.11 Å². The first-order valence-electron chi connectivity index (χ1n) is 6.63. The van der Waals surface area contributed by atoms with Crippen molar-refractivity contribution in [2.75, 3.05) is 14.2 Å². The summed E-state index contributed by atoms with van der Waals surface area (Å²) in [5.41, 5.74) is 0.865. The largest absolute Gasteiger partial charge is 0.468 e. The van der Waals surface area contributed by atoms with E-state index in [1.165, 1.54) is 18.5 Å². The van der Waals surface area contributed by atoms with E-state index in [0.717, 1.165) is 5.56 Å². The summed E-state index contributed by atoms with van der Waals surface area (Å²) in [5.74, 6) is -0.806. The molecule has 0 spiro atoms. The first-order valence-corrected chi connectivity index (χ1v) is 8.07. The van der Waals surface area contributed by atoms with E-state index in [-0.39, 0.29) is 12.5 Å². The van der Waals surface area contributed by atoms with Crippen LogP contribution in [0.5, 0.6) is 0 Å². The Hall–Kier alpha value is -1.44. The maximum atomic E-state index is 12.3. The Morgan fingerprint density at radius 2 is 1.86 bits per heavy atom. The van der Waals surface area contributed by atoms with Crippen LogP contribution in [0.4, 0.5) is 0 Å². The van der Waals surface area contributed by atoms with Gasteiger partial charge in [0.1, 0.15) is 6.04 Å². The van der Waals surface area contributed by atoms with Crippen molar-refractivity contribution < 1.29 is 17.9 Å². The van der Waals surface area contributed by atoms with Crippen molar-refractivity contribution >= 4 is 16.2 Å². The average molecular weight is 314 g/mol. The first kappa shape index (κ1) is 17.6. The third-order valence-electron chi connectivity index (χ3n) is 3.06. The van der Waals surface area contributed by atoms with Crippen molar-refractivity contribution in [1.29, 1.82) is 0 Å². The standard InChI is InChI=1S/C14H22N2O4S/c1-11(2)13(14(17)20-4)15-21(18,19)16(3)10-12-8-6-5-7-9-12/h5-9,11,13,15H,10H2,1-4H3. The minimum atomic E-state index is -3.78. The predicted octanol–water partition coefficient (Wildman–Crippen LogP) is 1.15. The second kappa shape index (κ2) is 7.53. The van der Waals surface area contributed by atoms with Gasteiger partial charge in [0, 0.05) is 13.6 Å². The Balaban J connectivity index is 2.82. The van der Waals surface area contributed by atoms with E-state index in [0.29, 0.717) is 0 Å². The summed E-state index contributed by atoms with van der Waals surface area (Å²) >= 11 is 0. The number of rotatable bonds is 7. The van der Waals surface area contributed by atoms with E-state index in [4.69, 9.17) is 0 Å². The molecule has 1 N–H and O–H groups in total. The van der Waals surface area contributed by atoms with Crippen LogP contribution in [0, 0.1) is 5.92 Å². The third kappa shape index (κ3) is 5.11. The van der Waals surface area contributed by atoms with Crippen LogP contribution in [0.25, 0.3) is 0 Å². The number of hydrogen-bond acceptors (Lipinski definition) is 4. The van der Waals surface area contributed by atoms with E-state index in [1.54, 1.807) is 13.8 Å². The van der Waals surface area contributed by atoms with Gasteiger partial charge in [-0.1, -0.05) is 44.2 Å². The highest BCUT2D eigenvalue weighted by Gasteiger charge is 2.30. The van der Waals surface area contributed by atoms with Gasteiger partial charge >= 0.3 is 5.97 Å². The van der Waals surface area contributed by atoms with Gasteiger partial charge in [0.15, 0.2) is 0 Å². The van der Waals surface area contributed by atoms with E-state index in [9.17, 15) is 13.2 Å². The van der Waals surface area contributed by atoms with Crippen LogP contribution in [0.15, 0.2) is 30.3 Å². The average Bonchev–Trinajstić information content (AvgIpc) is 2.44. The third-order valence-corrected chi connectivity index (χ3v) is 4.56. The fourth-order valence-electron chi connectivity index (χ4n) is 1.76. The molecule has 0 fully saturated rings. The molecule has 0 saturated carbocycles. The molecule has 1 rings (SSSR count). The fraction of sp³-hybridized carbons (Fsp3) is 0.500. The molecule has 21 heavy (non-hydrogen) atoms. The minimum Gasteiger partial charge on any atom is -0.468 e. The van der Waals surface area contributed by atoms with Gasteiger partial charge in [-0.15, -0.1) is 0 Å². The number of methoxy groups -OCH3 is 1. The number of ether oxygens (including phenoxy) is 1. The zero-order valence-corrected chi connectivity index (χ0v) is 13.6. The Labute approximate surface area is 126 Å². The second-order valence-corrected chi connectivity index (χ2v) is 6.92. The van der Waals surface area contributed by atoms with Crippen molar-refractivity contribution in [2.45, 2.75) is 26.4 Å². The van der Waals surface area contributed by atoms with Gasteiger partial charge in [-0.2, -0.15) is 17.4 Å². The Bertz CT molecular complexity index is 558. The molecule has 7 heteroatoms. The van der Waals surface area contributed by atoms with Gasteiger partial charge in [0.25, 0.3) is 10.2 Å². The molecular formula is C14H22N2O4S. The number of benzene rings is 1. The van der Waals surface area contributed by atoms with Crippen LogP contribution >= 0.6 is 0 Å². The van der Waals surface area contributed by atoms with Gasteiger partial charge in [-0.05, 0) is 11.5 Å². The summed E-state index contributed by atoms with van der Waals surface area (Å²) in [6, 6.07) is 8.32. The van der Waals surface area contributed by atoms with E-state index in [1.807, 2.05) is 30.3 Å². The molecule has 0 heterocycles. The summed E-state index contributed by atoms with van der Waals surface area (Å²) in [6.45, 7) is 3.73. The summed E-state index contributed by atoms with van der Waals surface area (Å²) in [7, 11) is -1.08. The molecule has 0 aliphatic rings. The molecule has 1 atom stereocenters. The molecule has 0 amide bonds. The number of hydrogen-bond donors (Lipinski definition) is 1. The molecule has 0 aliphatic carbocycles. The van der Waals surface area contributed by atoms with Crippen LogP contribution in [-0.4, -0.2) is 38.9 Å². The van der Waals surface area contributed by atoms with Crippen molar-refractivity contribution in [3.63, 3.8) is 0 Å². The molecule has 0 aliphatic heterocycles. The van der Waals surface area contributed by atoms with Crippen molar-refractivity contribution in [1.82, 2.24) is 9.03 Å². The van der Waals surface area contributed by atoms with Crippen LogP contribution in [0.1, 0.15) is 19.4 Å². The van der Waals surface area contributed by atoms with Gasteiger partial charge in [-0.25, -0.2) is 0 Å². The monoisotopic (exact) mass is 314 g/mol. The Kier molecular flexibility index (Phi) is 6.32. The van der Waals surface area contributed by atoms with Crippen molar-refractivity contribution in [3.8, 4) is 0 Å².